The van der Waals surface area contributed by atoms with Crippen LogP contribution in [0.25, 0.3) is 0 Å². The summed E-state index contributed by atoms with van der Waals surface area (Å²) in [4.78, 5) is 21.6. The Kier molecular flexibility index (Phi) is 10.4. The van der Waals surface area contributed by atoms with Gasteiger partial charge in [-0.2, -0.15) is 5.06 Å². The molecule has 2 atom stereocenters. The van der Waals surface area contributed by atoms with E-state index in [4.69, 9.17) is 4.84 Å². The molecule has 1 aliphatic heterocycles. The largest absolute Gasteiger partial charge is 0.512 e. The van der Waals surface area contributed by atoms with Gasteiger partial charge in [-0.15, -0.1) is 0 Å². The average molecular weight is 568 g/mol. The SMILES string of the molecule is C/C(O)=C1/C(CO)ON(Cc2cccc(C#CC(C)(C)c3ccccc3)c2)[C@H]1C(=O)NCCCN(C)c1ccccc1. The van der Waals surface area contributed by atoms with Gasteiger partial charge < -0.3 is 20.4 Å². The highest BCUT2D eigenvalue weighted by Crippen LogP contribution is 2.31. The van der Waals surface area contributed by atoms with Crippen LogP contribution in [0.2, 0.25) is 0 Å². The van der Waals surface area contributed by atoms with Gasteiger partial charge >= 0.3 is 0 Å². The molecule has 0 spiro atoms. The summed E-state index contributed by atoms with van der Waals surface area (Å²) in [7, 11) is 2.02. The van der Waals surface area contributed by atoms with Crippen LogP contribution in [0.5, 0.6) is 0 Å². The molecule has 0 aliphatic carbocycles. The van der Waals surface area contributed by atoms with Crippen LogP contribution in [0, 0.1) is 11.8 Å². The summed E-state index contributed by atoms with van der Waals surface area (Å²) in [6, 6.07) is 27.2. The van der Waals surface area contributed by atoms with Gasteiger partial charge in [-0.1, -0.05) is 72.5 Å². The number of nitrogens with zero attached hydrogens (tertiary/aromatic N) is 2. The minimum Gasteiger partial charge on any atom is -0.512 e. The van der Waals surface area contributed by atoms with Gasteiger partial charge in [0.1, 0.15) is 12.1 Å². The molecule has 0 radical (unpaired) electrons. The fourth-order valence-electron chi connectivity index (χ4n) is 5.09. The summed E-state index contributed by atoms with van der Waals surface area (Å²) in [5.41, 5.74) is 4.07. The van der Waals surface area contributed by atoms with E-state index < -0.39 is 12.1 Å². The number of aliphatic hydroxyl groups is 2. The van der Waals surface area contributed by atoms with Gasteiger partial charge in [-0.25, -0.2) is 0 Å². The Morgan fingerprint density at radius 3 is 2.40 bits per heavy atom. The number of amides is 1. The molecule has 220 valence electrons. The number of hydrogen-bond acceptors (Lipinski definition) is 6. The fourth-order valence-corrected chi connectivity index (χ4v) is 5.09. The van der Waals surface area contributed by atoms with E-state index in [2.05, 4.69) is 48.0 Å². The Labute approximate surface area is 249 Å². The van der Waals surface area contributed by atoms with Crippen LogP contribution in [0.4, 0.5) is 5.69 Å². The second-order valence-electron chi connectivity index (χ2n) is 11.1. The molecule has 0 saturated carbocycles. The van der Waals surface area contributed by atoms with Crippen molar-refractivity contribution in [1.29, 1.82) is 0 Å². The van der Waals surface area contributed by atoms with Crippen LogP contribution in [0.3, 0.4) is 0 Å². The van der Waals surface area contributed by atoms with E-state index in [0.717, 1.165) is 35.3 Å². The number of hydroxylamine groups is 2. The number of anilines is 1. The third-order valence-electron chi connectivity index (χ3n) is 7.47. The topological polar surface area (TPSA) is 85.3 Å². The number of nitrogens with one attached hydrogen (secondary N) is 1. The summed E-state index contributed by atoms with van der Waals surface area (Å²) < 4.78 is 0. The first-order valence-corrected chi connectivity index (χ1v) is 14.3. The highest BCUT2D eigenvalue weighted by Gasteiger charge is 2.44. The maximum absolute atomic E-state index is 13.5. The Morgan fingerprint density at radius 1 is 1.05 bits per heavy atom. The Balaban J connectivity index is 1.45. The van der Waals surface area contributed by atoms with Gasteiger partial charge in [0, 0.05) is 37.0 Å². The van der Waals surface area contributed by atoms with Crippen molar-refractivity contribution in [1.82, 2.24) is 10.4 Å². The van der Waals surface area contributed by atoms with Gasteiger partial charge in [0.05, 0.1) is 24.3 Å². The summed E-state index contributed by atoms with van der Waals surface area (Å²) in [5, 5.41) is 25.0. The van der Waals surface area contributed by atoms with Crippen molar-refractivity contribution in [3.05, 3.63) is 113 Å². The van der Waals surface area contributed by atoms with Crippen LogP contribution in [0.15, 0.2) is 96.3 Å². The lowest BCUT2D eigenvalue weighted by Crippen LogP contribution is -2.44. The number of aliphatic hydroxyl groups excluding tert-OH is 2. The molecular weight excluding hydrogens is 526 g/mol. The first-order valence-electron chi connectivity index (χ1n) is 14.3. The molecule has 3 N–H and O–H groups in total. The second kappa shape index (κ2) is 14.2. The van der Waals surface area contributed by atoms with E-state index in [0.29, 0.717) is 12.1 Å². The monoisotopic (exact) mass is 567 g/mol. The standard InChI is InChI=1S/C35H41N3O4/c1-26(40)32-31(25-39)42-38(33(32)34(41)36-21-12-22-37(4)30-17-9-6-10-18-30)24-28-14-11-13-27(23-28)19-20-35(2,3)29-15-7-5-8-16-29/h5-11,13-18,23,31,33,39-40H,12,21-22,24-25H2,1-4H3,(H,36,41)/b32-26+/t31?,33-/m1/s1. The molecule has 1 unspecified atom stereocenters. The third kappa shape index (κ3) is 7.80. The zero-order valence-electron chi connectivity index (χ0n) is 24.9. The minimum absolute atomic E-state index is 0.0247. The molecule has 1 fully saturated rings. The number of hydrogen-bond donors (Lipinski definition) is 3. The Morgan fingerprint density at radius 2 is 1.74 bits per heavy atom. The van der Waals surface area contributed by atoms with E-state index in [1.165, 1.54) is 6.92 Å². The molecule has 1 aliphatic rings. The van der Waals surface area contributed by atoms with E-state index in [9.17, 15) is 15.0 Å². The van der Waals surface area contributed by atoms with Gasteiger partial charge in [-0.05, 0) is 62.6 Å². The van der Waals surface area contributed by atoms with Crippen LogP contribution in [0.1, 0.15) is 43.9 Å². The molecule has 3 aromatic carbocycles. The van der Waals surface area contributed by atoms with Gasteiger partial charge in [0.25, 0.3) is 0 Å². The third-order valence-corrected chi connectivity index (χ3v) is 7.47. The molecule has 0 bridgehead atoms. The predicted molar refractivity (Wildman–Crippen MR) is 167 cm³/mol. The quantitative estimate of drug-likeness (QED) is 0.182. The van der Waals surface area contributed by atoms with E-state index in [1.54, 1.807) is 5.06 Å². The highest BCUT2D eigenvalue weighted by molar-refractivity contribution is 5.85. The van der Waals surface area contributed by atoms with E-state index >= 15 is 0 Å². The van der Waals surface area contributed by atoms with Crippen molar-refractivity contribution in [3.8, 4) is 11.8 Å². The lowest BCUT2D eigenvalue weighted by Gasteiger charge is -2.23. The van der Waals surface area contributed by atoms with Crippen molar-refractivity contribution in [2.75, 3.05) is 31.6 Å². The molecule has 4 rings (SSSR count). The van der Waals surface area contributed by atoms with E-state index in [-0.39, 0.29) is 30.2 Å². The van der Waals surface area contributed by atoms with Gasteiger partial charge in [0.15, 0.2) is 0 Å². The molecule has 7 nitrogen and oxygen atoms in total. The van der Waals surface area contributed by atoms with Gasteiger partial charge in [0.2, 0.25) is 5.91 Å². The van der Waals surface area contributed by atoms with E-state index in [1.807, 2.05) is 79.8 Å². The van der Waals surface area contributed by atoms with Crippen LogP contribution in [-0.4, -0.2) is 60.1 Å². The Bertz CT molecular complexity index is 1420. The summed E-state index contributed by atoms with van der Waals surface area (Å²) >= 11 is 0. The minimum atomic E-state index is -0.870. The van der Waals surface area contributed by atoms with Crippen LogP contribution >= 0.6 is 0 Å². The lowest BCUT2D eigenvalue weighted by atomic mass is 9.85. The zero-order chi connectivity index (χ0) is 30.1. The molecule has 3 aromatic rings. The lowest BCUT2D eigenvalue weighted by molar-refractivity contribution is -0.181. The summed E-state index contributed by atoms with van der Waals surface area (Å²) in [5.74, 6) is 6.39. The number of rotatable bonds is 10. The van der Waals surface area contributed by atoms with Crippen LogP contribution in [-0.2, 0) is 21.6 Å². The van der Waals surface area contributed by atoms with Crippen molar-refractivity contribution in [2.24, 2.45) is 0 Å². The zero-order valence-corrected chi connectivity index (χ0v) is 24.9. The molecular formula is C35H41N3O4. The van der Waals surface area contributed by atoms with Crippen molar-refractivity contribution in [2.45, 2.75) is 51.3 Å². The van der Waals surface area contributed by atoms with Crippen LogP contribution < -0.4 is 10.2 Å². The molecule has 42 heavy (non-hydrogen) atoms. The van der Waals surface area contributed by atoms with Crippen molar-refractivity contribution in [3.63, 3.8) is 0 Å². The molecule has 0 aromatic heterocycles. The summed E-state index contributed by atoms with van der Waals surface area (Å²) in [6.07, 6.45) is -0.0599. The first-order chi connectivity index (χ1) is 20.2. The molecule has 1 saturated heterocycles. The molecule has 7 heteroatoms. The summed E-state index contributed by atoms with van der Waals surface area (Å²) in [6.45, 7) is 6.87. The fraction of sp³-hybridized carbons (Fsp3) is 0.343. The second-order valence-corrected chi connectivity index (χ2v) is 11.1. The molecule has 1 amide bonds. The number of carbonyl (C=O) groups is 1. The number of carbonyl (C=O) groups excluding carboxylic acids is 1. The highest BCUT2D eigenvalue weighted by atomic mass is 16.7. The predicted octanol–water partition coefficient (Wildman–Crippen LogP) is 4.97. The van der Waals surface area contributed by atoms with Crippen molar-refractivity contribution < 1.29 is 19.8 Å². The smallest absolute Gasteiger partial charge is 0.244 e. The number of benzene rings is 3. The maximum atomic E-state index is 13.5. The number of allylic oxidation sites excluding steroid dienone is 1. The normalized spacial score (nSPS) is 18.2. The Hall–Kier alpha value is -4.09. The van der Waals surface area contributed by atoms with Gasteiger partial charge in [-0.3, -0.25) is 9.63 Å². The first kappa shape index (κ1) is 30.9. The van der Waals surface area contributed by atoms with Crippen molar-refractivity contribution >= 4 is 11.6 Å². The molecule has 1 heterocycles. The maximum Gasteiger partial charge on any atom is 0.244 e. The number of para-hydroxylation sites is 1. The average Bonchev–Trinajstić information content (AvgIpc) is 3.38.